The molecule has 7 heteroatoms. The van der Waals surface area contributed by atoms with E-state index in [2.05, 4.69) is 15.5 Å². The first-order chi connectivity index (χ1) is 12.2. The number of aromatic nitrogens is 2. The lowest BCUT2D eigenvalue weighted by atomic mass is 10.1. The summed E-state index contributed by atoms with van der Waals surface area (Å²) < 4.78 is 0. The Bertz CT molecular complexity index is 801. The van der Waals surface area contributed by atoms with Gasteiger partial charge in [-0.15, -0.1) is 0 Å². The van der Waals surface area contributed by atoms with Gasteiger partial charge in [0, 0.05) is 50.0 Å². The molecule has 25 heavy (non-hydrogen) atoms. The number of benzene rings is 1. The van der Waals surface area contributed by atoms with E-state index in [1.165, 1.54) is 4.90 Å². The zero-order chi connectivity index (χ0) is 17.4. The van der Waals surface area contributed by atoms with Gasteiger partial charge < -0.3 is 15.1 Å². The van der Waals surface area contributed by atoms with Gasteiger partial charge in [0.25, 0.3) is 5.91 Å². The summed E-state index contributed by atoms with van der Waals surface area (Å²) in [5.74, 6) is -0.237. The number of aromatic amines is 1. The molecule has 0 aliphatic carbocycles. The number of nitrogens with one attached hydrogen (secondary N) is 2. The third kappa shape index (κ3) is 2.70. The first kappa shape index (κ1) is 15.8. The van der Waals surface area contributed by atoms with E-state index in [1.807, 2.05) is 30.3 Å². The maximum absolute atomic E-state index is 12.9. The number of amides is 2. The maximum Gasteiger partial charge on any atom is 0.275 e. The number of hydrogen-bond acceptors (Lipinski definition) is 4. The normalized spacial score (nSPS) is 19.8. The van der Waals surface area contributed by atoms with Crippen molar-refractivity contribution < 1.29 is 9.59 Å². The number of carbonyl (C=O) groups excluding carboxylic acids is 2. The largest absolute Gasteiger partial charge is 0.328 e. The highest BCUT2D eigenvalue weighted by Gasteiger charge is 2.38. The van der Waals surface area contributed by atoms with Crippen LogP contribution in [0.2, 0.25) is 0 Å². The molecule has 3 heterocycles. The van der Waals surface area contributed by atoms with Crippen LogP contribution in [-0.2, 0) is 17.8 Å². The molecule has 0 spiro atoms. The molecule has 1 aromatic heterocycles. The van der Waals surface area contributed by atoms with Gasteiger partial charge in [-0.2, -0.15) is 5.10 Å². The first-order valence-electron chi connectivity index (χ1n) is 8.57. The lowest BCUT2D eigenvalue weighted by molar-refractivity contribution is -0.120. The van der Waals surface area contributed by atoms with Gasteiger partial charge in [0.05, 0.1) is 0 Å². The van der Waals surface area contributed by atoms with Crippen molar-refractivity contribution >= 4 is 17.5 Å². The van der Waals surface area contributed by atoms with Gasteiger partial charge in [-0.3, -0.25) is 14.7 Å². The van der Waals surface area contributed by atoms with Gasteiger partial charge in [0.15, 0.2) is 5.69 Å². The van der Waals surface area contributed by atoms with Crippen LogP contribution >= 0.6 is 0 Å². The van der Waals surface area contributed by atoms with Crippen LogP contribution < -0.4 is 10.2 Å². The van der Waals surface area contributed by atoms with Crippen molar-refractivity contribution in [3.63, 3.8) is 0 Å². The number of H-pyrrole nitrogens is 1. The average Bonchev–Trinajstić information content (AvgIpc) is 3.25. The summed E-state index contributed by atoms with van der Waals surface area (Å²) in [5.41, 5.74) is 3.24. The van der Waals surface area contributed by atoms with Gasteiger partial charge in [-0.1, -0.05) is 18.2 Å². The molecule has 1 saturated heterocycles. The smallest absolute Gasteiger partial charge is 0.275 e. The third-order valence-corrected chi connectivity index (χ3v) is 5.04. The molecule has 1 fully saturated rings. The summed E-state index contributed by atoms with van der Waals surface area (Å²) in [6.45, 7) is 2.13. The van der Waals surface area contributed by atoms with Gasteiger partial charge in [-0.25, -0.2) is 0 Å². The molecule has 4 rings (SSSR count). The average molecular weight is 339 g/mol. The zero-order valence-electron chi connectivity index (χ0n) is 14.2. The predicted molar refractivity (Wildman–Crippen MR) is 93.3 cm³/mol. The van der Waals surface area contributed by atoms with Gasteiger partial charge >= 0.3 is 0 Å². The molecule has 2 aliphatic heterocycles. The Morgan fingerprint density at radius 1 is 1.32 bits per heavy atom. The molecule has 2 N–H and O–H groups in total. The summed E-state index contributed by atoms with van der Waals surface area (Å²) in [5, 5.41) is 10.4. The number of fused-ring (bicyclic) bond motifs is 1. The highest BCUT2D eigenvalue weighted by atomic mass is 16.2. The van der Waals surface area contributed by atoms with Crippen LogP contribution in [0.4, 0.5) is 5.69 Å². The molecule has 7 nitrogen and oxygen atoms in total. The minimum Gasteiger partial charge on any atom is -0.328 e. The molecule has 2 aromatic rings. The Morgan fingerprint density at radius 3 is 2.92 bits per heavy atom. The fourth-order valence-electron chi connectivity index (χ4n) is 3.60. The molecular weight excluding hydrogens is 318 g/mol. The number of para-hydroxylation sites is 1. The van der Waals surface area contributed by atoms with Crippen LogP contribution in [0.25, 0.3) is 0 Å². The van der Waals surface area contributed by atoms with Crippen molar-refractivity contribution in [2.24, 2.45) is 0 Å². The number of hydrogen-bond donors (Lipinski definition) is 2. The Labute approximate surface area is 146 Å². The topological polar surface area (TPSA) is 81.3 Å². The summed E-state index contributed by atoms with van der Waals surface area (Å²) in [6, 6.07) is 9.13. The molecule has 0 bridgehead atoms. The van der Waals surface area contributed by atoms with Gasteiger partial charge in [0.1, 0.15) is 6.04 Å². The Hall–Kier alpha value is -2.67. The van der Waals surface area contributed by atoms with Crippen molar-refractivity contribution in [1.29, 1.82) is 0 Å². The standard InChI is InChI=1S/C18H21N5O2/c1-22(18(25)16-13-11-19-9-7-14(13)20-21-16)15-8-10-23(17(15)24)12-5-3-2-4-6-12/h2-6,15,19H,7-11H2,1H3,(H,20,21). The van der Waals surface area contributed by atoms with Crippen molar-refractivity contribution in [3.8, 4) is 0 Å². The molecule has 2 aliphatic rings. The van der Waals surface area contributed by atoms with E-state index in [9.17, 15) is 9.59 Å². The van der Waals surface area contributed by atoms with Crippen LogP contribution in [0.5, 0.6) is 0 Å². The molecule has 0 saturated carbocycles. The maximum atomic E-state index is 12.9. The molecule has 1 atom stereocenters. The fraction of sp³-hybridized carbons (Fsp3) is 0.389. The van der Waals surface area contributed by atoms with E-state index in [0.29, 0.717) is 25.2 Å². The Morgan fingerprint density at radius 2 is 2.12 bits per heavy atom. The van der Waals surface area contributed by atoms with Crippen LogP contribution in [-0.4, -0.2) is 53.1 Å². The number of anilines is 1. The molecule has 130 valence electrons. The van der Waals surface area contributed by atoms with E-state index in [0.717, 1.165) is 29.9 Å². The summed E-state index contributed by atoms with van der Waals surface area (Å²) in [7, 11) is 1.69. The number of likely N-dealkylation sites (N-methyl/N-ethyl adjacent to an activating group) is 1. The van der Waals surface area contributed by atoms with Crippen LogP contribution in [0, 0.1) is 0 Å². The molecule has 1 aromatic carbocycles. The Kier molecular flexibility index (Phi) is 4.01. The van der Waals surface area contributed by atoms with Crippen molar-refractivity contribution in [3.05, 3.63) is 47.3 Å². The monoisotopic (exact) mass is 339 g/mol. The molecule has 0 radical (unpaired) electrons. The minimum atomic E-state index is -0.448. The van der Waals surface area contributed by atoms with Gasteiger partial charge in [0.2, 0.25) is 5.91 Å². The highest BCUT2D eigenvalue weighted by Crippen LogP contribution is 2.25. The van der Waals surface area contributed by atoms with Crippen LogP contribution in [0.15, 0.2) is 30.3 Å². The quantitative estimate of drug-likeness (QED) is 0.872. The molecule has 1 unspecified atom stereocenters. The minimum absolute atomic E-state index is 0.0374. The Balaban J connectivity index is 1.53. The van der Waals surface area contributed by atoms with E-state index >= 15 is 0 Å². The van der Waals surface area contributed by atoms with E-state index in [1.54, 1.807) is 11.9 Å². The SMILES string of the molecule is CN(C(=O)c1n[nH]c2c1CNCC2)C1CCN(c2ccccc2)C1=O. The zero-order valence-corrected chi connectivity index (χ0v) is 14.2. The van der Waals surface area contributed by atoms with Crippen molar-refractivity contribution in [2.45, 2.75) is 25.4 Å². The number of nitrogens with zero attached hydrogens (tertiary/aromatic N) is 3. The summed E-state index contributed by atoms with van der Waals surface area (Å²) in [6.07, 6.45) is 1.46. The lowest BCUT2D eigenvalue weighted by Crippen LogP contribution is -2.43. The second-order valence-electron chi connectivity index (χ2n) is 6.50. The van der Waals surface area contributed by atoms with Crippen molar-refractivity contribution in [1.82, 2.24) is 20.4 Å². The lowest BCUT2D eigenvalue weighted by Gasteiger charge is -2.24. The number of carbonyl (C=O) groups is 2. The van der Waals surface area contributed by atoms with Gasteiger partial charge in [-0.05, 0) is 18.6 Å². The van der Waals surface area contributed by atoms with Crippen LogP contribution in [0.3, 0.4) is 0 Å². The highest BCUT2D eigenvalue weighted by molar-refractivity contribution is 6.03. The molecular formula is C18H21N5O2. The van der Waals surface area contributed by atoms with Crippen molar-refractivity contribution in [2.75, 3.05) is 25.0 Å². The second-order valence-corrected chi connectivity index (χ2v) is 6.50. The first-order valence-corrected chi connectivity index (χ1v) is 8.57. The number of rotatable bonds is 3. The second kappa shape index (κ2) is 6.33. The predicted octanol–water partition coefficient (Wildman–Crippen LogP) is 0.933. The third-order valence-electron chi connectivity index (χ3n) is 5.04. The van der Waals surface area contributed by atoms with E-state index < -0.39 is 6.04 Å². The molecule has 2 amide bonds. The van der Waals surface area contributed by atoms with E-state index in [4.69, 9.17) is 0 Å². The van der Waals surface area contributed by atoms with Crippen LogP contribution in [0.1, 0.15) is 28.2 Å². The van der Waals surface area contributed by atoms with E-state index in [-0.39, 0.29) is 11.8 Å². The summed E-state index contributed by atoms with van der Waals surface area (Å²) >= 11 is 0. The fourth-order valence-corrected chi connectivity index (χ4v) is 3.60. The summed E-state index contributed by atoms with van der Waals surface area (Å²) in [4.78, 5) is 29.0.